The molecule has 0 aliphatic rings. The highest BCUT2D eigenvalue weighted by atomic mass is 16.5. The summed E-state index contributed by atoms with van der Waals surface area (Å²) < 4.78 is 4.87. The normalized spacial score (nSPS) is 10.0. The van der Waals surface area contributed by atoms with Crippen LogP contribution in [0, 0.1) is 6.92 Å². The molecule has 1 rings (SSSR count). The lowest BCUT2D eigenvalue weighted by Crippen LogP contribution is -2.42. The van der Waals surface area contributed by atoms with Crippen LogP contribution in [-0.2, 0) is 16.1 Å². The number of hydrogen-bond donors (Lipinski definition) is 3. The molecule has 0 radical (unpaired) electrons. The van der Waals surface area contributed by atoms with E-state index >= 15 is 0 Å². The summed E-state index contributed by atoms with van der Waals surface area (Å²) in [5.74, 6) is -0.211. The third-order valence-corrected chi connectivity index (χ3v) is 2.83. The molecular weight excluding hydrogens is 270 g/mol. The van der Waals surface area contributed by atoms with Crippen LogP contribution in [0.15, 0.2) is 24.3 Å². The van der Waals surface area contributed by atoms with Gasteiger partial charge >= 0.3 is 6.03 Å². The molecule has 0 bridgehead atoms. The molecule has 0 spiro atoms. The van der Waals surface area contributed by atoms with Crippen LogP contribution < -0.4 is 16.0 Å². The number of nitrogens with one attached hydrogen (secondary N) is 3. The van der Waals surface area contributed by atoms with E-state index in [0.29, 0.717) is 19.7 Å². The molecule has 0 unspecified atom stereocenters. The van der Waals surface area contributed by atoms with Crippen LogP contribution in [0.2, 0.25) is 0 Å². The van der Waals surface area contributed by atoms with Crippen LogP contribution >= 0.6 is 0 Å². The zero-order valence-corrected chi connectivity index (χ0v) is 12.6. The quantitative estimate of drug-likeness (QED) is 0.624. The summed E-state index contributed by atoms with van der Waals surface area (Å²) in [6, 6.07) is 7.53. The molecule has 3 amide bonds. The molecule has 0 aliphatic carbocycles. The molecule has 0 aromatic heterocycles. The second-order valence-corrected chi connectivity index (χ2v) is 4.72. The fourth-order valence-electron chi connectivity index (χ4n) is 1.62. The maximum atomic E-state index is 11.5. The Kier molecular flexibility index (Phi) is 7.89. The van der Waals surface area contributed by atoms with Gasteiger partial charge in [-0.05, 0) is 18.9 Å². The first kappa shape index (κ1) is 17.0. The fraction of sp³-hybridized carbons (Fsp3) is 0.467. The van der Waals surface area contributed by atoms with Gasteiger partial charge in [0.2, 0.25) is 5.91 Å². The summed E-state index contributed by atoms with van der Waals surface area (Å²) in [7, 11) is 1.61. The van der Waals surface area contributed by atoms with E-state index in [1.54, 1.807) is 7.11 Å². The van der Waals surface area contributed by atoms with Crippen LogP contribution in [-0.4, -0.2) is 38.7 Å². The zero-order valence-electron chi connectivity index (χ0n) is 12.6. The molecule has 0 saturated heterocycles. The van der Waals surface area contributed by atoms with Gasteiger partial charge in [-0.2, -0.15) is 0 Å². The van der Waals surface area contributed by atoms with Crippen LogP contribution in [0.1, 0.15) is 17.5 Å². The van der Waals surface area contributed by atoms with Gasteiger partial charge in [-0.3, -0.25) is 4.79 Å². The third kappa shape index (κ3) is 7.94. The second kappa shape index (κ2) is 9.77. The van der Waals surface area contributed by atoms with Gasteiger partial charge in [-0.25, -0.2) is 4.79 Å². The van der Waals surface area contributed by atoms with Gasteiger partial charge in [0.25, 0.3) is 0 Å². The molecule has 6 nitrogen and oxygen atoms in total. The fourth-order valence-corrected chi connectivity index (χ4v) is 1.62. The lowest BCUT2D eigenvalue weighted by Gasteiger charge is -2.08. The Hall–Kier alpha value is -2.08. The Morgan fingerprint density at radius 1 is 1.10 bits per heavy atom. The van der Waals surface area contributed by atoms with Crippen LogP contribution in [0.4, 0.5) is 4.79 Å². The minimum Gasteiger partial charge on any atom is -0.385 e. The minimum absolute atomic E-state index is 0.0350. The maximum absolute atomic E-state index is 11.5. The van der Waals surface area contributed by atoms with Crippen molar-refractivity contribution in [2.75, 3.05) is 26.8 Å². The largest absolute Gasteiger partial charge is 0.385 e. The third-order valence-electron chi connectivity index (χ3n) is 2.83. The van der Waals surface area contributed by atoms with Crippen LogP contribution in [0.25, 0.3) is 0 Å². The van der Waals surface area contributed by atoms with Crippen molar-refractivity contribution in [3.8, 4) is 0 Å². The molecule has 6 heteroatoms. The van der Waals surface area contributed by atoms with Gasteiger partial charge in [0.1, 0.15) is 0 Å². The highest BCUT2D eigenvalue weighted by Crippen LogP contribution is 2.02. The first-order valence-electron chi connectivity index (χ1n) is 6.94. The summed E-state index contributed by atoms with van der Waals surface area (Å²) in [6.07, 6.45) is 0.752. The summed E-state index contributed by atoms with van der Waals surface area (Å²) in [5, 5.41) is 7.90. The molecule has 0 heterocycles. The molecule has 116 valence electrons. The standard InChI is InChI=1S/C15H23N3O3/c1-12-4-6-13(7-5-12)10-17-15(20)18-11-14(19)16-8-3-9-21-2/h4-7H,3,8-11H2,1-2H3,(H,16,19)(H2,17,18,20). The first-order valence-corrected chi connectivity index (χ1v) is 6.94. The van der Waals surface area contributed by atoms with Gasteiger partial charge in [0.05, 0.1) is 6.54 Å². The summed E-state index contributed by atoms with van der Waals surface area (Å²) in [4.78, 5) is 23.0. The van der Waals surface area contributed by atoms with Gasteiger partial charge in [0, 0.05) is 26.8 Å². The molecule has 0 atom stereocenters. The molecule has 0 saturated carbocycles. The highest BCUT2D eigenvalue weighted by molar-refractivity contribution is 5.83. The Labute approximate surface area is 125 Å². The number of methoxy groups -OCH3 is 1. The lowest BCUT2D eigenvalue weighted by molar-refractivity contribution is -0.120. The number of amides is 3. The molecule has 1 aromatic carbocycles. The van der Waals surface area contributed by atoms with Crippen molar-refractivity contribution in [2.45, 2.75) is 19.9 Å². The van der Waals surface area contributed by atoms with E-state index in [2.05, 4.69) is 16.0 Å². The number of carbonyl (C=O) groups excluding carboxylic acids is 2. The Balaban J connectivity index is 2.13. The Morgan fingerprint density at radius 2 is 1.81 bits per heavy atom. The van der Waals surface area contributed by atoms with E-state index in [9.17, 15) is 9.59 Å². The number of urea groups is 1. The van der Waals surface area contributed by atoms with Gasteiger partial charge in [-0.1, -0.05) is 29.8 Å². The SMILES string of the molecule is COCCCNC(=O)CNC(=O)NCc1ccc(C)cc1. The predicted octanol–water partition coefficient (Wildman–Crippen LogP) is 0.947. The van der Waals surface area contributed by atoms with Crippen molar-refractivity contribution < 1.29 is 14.3 Å². The molecule has 0 fully saturated rings. The number of rotatable bonds is 8. The van der Waals surface area contributed by atoms with Crippen molar-refractivity contribution in [3.63, 3.8) is 0 Å². The van der Waals surface area contributed by atoms with Crippen molar-refractivity contribution in [2.24, 2.45) is 0 Å². The maximum Gasteiger partial charge on any atom is 0.315 e. The van der Waals surface area contributed by atoms with Crippen LogP contribution in [0.5, 0.6) is 0 Å². The van der Waals surface area contributed by atoms with E-state index in [4.69, 9.17) is 4.74 Å². The number of hydrogen-bond acceptors (Lipinski definition) is 3. The number of ether oxygens (including phenoxy) is 1. The first-order chi connectivity index (χ1) is 10.1. The van der Waals surface area contributed by atoms with E-state index in [1.807, 2.05) is 31.2 Å². The summed E-state index contributed by atoms with van der Waals surface area (Å²) in [5.41, 5.74) is 2.19. The molecule has 21 heavy (non-hydrogen) atoms. The van der Waals surface area contributed by atoms with Gasteiger partial charge in [0.15, 0.2) is 0 Å². The lowest BCUT2D eigenvalue weighted by atomic mass is 10.1. The number of benzene rings is 1. The van der Waals surface area contributed by atoms with Crippen molar-refractivity contribution in [3.05, 3.63) is 35.4 Å². The van der Waals surface area contributed by atoms with Gasteiger partial charge in [-0.15, -0.1) is 0 Å². The number of carbonyl (C=O) groups is 2. The average molecular weight is 293 g/mol. The predicted molar refractivity (Wildman–Crippen MR) is 80.9 cm³/mol. The smallest absolute Gasteiger partial charge is 0.315 e. The Bertz CT molecular complexity index is 446. The Morgan fingerprint density at radius 3 is 2.48 bits per heavy atom. The van der Waals surface area contributed by atoms with E-state index in [-0.39, 0.29) is 18.5 Å². The topological polar surface area (TPSA) is 79.5 Å². The number of aryl methyl sites for hydroxylation is 1. The highest BCUT2D eigenvalue weighted by Gasteiger charge is 2.04. The van der Waals surface area contributed by atoms with Crippen molar-refractivity contribution >= 4 is 11.9 Å². The molecular formula is C15H23N3O3. The summed E-state index contributed by atoms with van der Waals surface area (Å²) in [6.45, 7) is 3.55. The molecule has 0 aliphatic heterocycles. The molecule has 1 aromatic rings. The van der Waals surface area contributed by atoms with E-state index < -0.39 is 0 Å². The average Bonchev–Trinajstić information content (AvgIpc) is 2.49. The van der Waals surface area contributed by atoms with Crippen molar-refractivity contribution in [1.82, 2.24) is 16.0 Å². The van der Waals surface area contributed by atoms with Crippen molar-refractivity contribution in [1.29, 1.82) is 0 Å². The van der Waals surface area contributed by atoms with Crippen LogP contribution in [0.3, 0.4) is 0 Å². The minimum atomic E-state index is -0.359. The monoisotopic (exact) mass is 293 g/mol. The van der Waals surface area contributed by atoms with E-state index in [0.717, 1.165) is 12.0 Å². The zero-order chi connectivity index (χ0) is 15.5. The van der Waals surface area contributed by atoms with Gasteiger partial charge < -0.3 is 20.7 Å². The summed E-state index contributed by atoms with van der Waals surface area (Å²) >= 11 is 0. The van der Waals surface area contributed by atoms with E-state index in [1.165, 1.54) is 5.56 Å². The second-order valence-electron chi connectivity index (χ2n) is 4.72. The molecule has 3 N–H and O–H groups in total.